The molecule has 2 aliphatic rings. The van der Waals surface area contributed by atoms with Gasteiger partial charge in [-0.2, -0.15) is 0 Å². The minimum absolute atomic E-state index is 0.208. The molecule has 0 radical (unpaired) electrons. The first kappa shape index (κ1) is 23.0. The van der Waals surface area contributed by atoms with E-state index in [2.05, 4.69) is 68.0 Å². The van der Waals surface area contributed by atoms with Crippen molar-refractivity contribution in [2.45, 2.75) is 24.8 Å². The Morgan fingerprint density at radius 3 is 2.42 bits per heavy atom. The van der Waals surface area contributed by atoms with E-state index in [4.69, 9.17) is 20.4 Å². The molecule has 2 aromatic carbocycles. The number of aromatic nitrogens is 5. The highest BCUT2D eigenvalue weighted by atomic mass is 16.5. The smallest absolute Gasteiger partial charge is 0.167 e. The summed E-state index contributed by atoms with van der Waals surface area (Å²) in [4.78, 5) is 21.3. The van der Waals surface area contributed by atoms with Crippen molar-refractivity contribution in [3.8, 4) is 28.5 Å². The van der Waals surface area contributed by atoms with Gasteiger partial charge in [0.1, 0.15) is 11.2 Å². The maximum Gasteiger partial charge on any atom is 0.167 e. The molecule has 0 unspecified atom stereocenters. The predicted octanol–water partition coefficient (Wildman–Crippen LogP) is 4.72. The van der Waals surface area contributed by atoms with Crippen molar-refractivity contribution in [2.75, 3.05) is 31.2 Å². The van der Waals surface area contributed by atoms with Gasteiger partial charge in [0.2, 0.25) is 0 Å². The Balaban J connectivity index is 1.35. The molecule has 0 spiro atoms. The first-order valence-corrected chi connectivity index (χ1v) is 13.2. The molecule has 7 rings (SSSR count). The molecule has 190 valence electrons. The summed E-state index contributed by atoms with van der Waals surface area (Å²) in [7, 11) is 0. The molecule has 1 aliphatic carbocycles. The molecule has 4 heterocycles. The van der Waals surface area contributed by atoms with Crippen LogP contribution in [0.5, 0.6) is 0 Å². The monoisotopic (exact) mass is 503 g/mol. The highest BCUT2D eigenvalue weighted by Gasteiger charge is 2.34. The van der Waals surface area contributed by atoms with E-state index in [1.165, 1.54) is 17.7 Å². The molecule has 0 amide bonds. The summed E-state index contributed by atoms with van der Waals surface area (Å²) in [6.45, 7) is 3.29. The Bertz CT molecular complexity index is 1590. The Morgan fingerprint density at radius 1 is 0.842 bits per heavy atom. The van der Waals surface area contributed by atoms with Crippen LogP contribution in [0.15, 0.2) is 79.3 Å². The summed E-state index contributed by atoms with van der Waals surface area (Å²) >= 11 is 0. The molecule has 2 fully saturated rings. The maximum atomic E-state index is 6.59. The van der Waals surface area contributed by atoms with Crippen molar-refractivity contribution in [3.05, 3.63) is 84.8 Å². The number of pyridine rings is 1. The van der Waals surface area contributed by atoms with Crippen LogP contribution < -0.4 is 10.6 Å². The van der Waals surface area contributed by atoms with Gasteiger partial charge in [-0.25, -0.2) is 15.0 Å². The molecule has 38 heavy (non-hydrogen) atoms. The highest BCUT2D eigenvalue weighted by molar-refractivity contribution is 5.82. The second-order valence-electron chi connectivity index (χ2n) is 10.1. The number of hydrogen-bond acceptors (Lipinski definition) is 7. The van der Waals surface area contributed by atoms with Crippen molar-refractivity contribution in [1.29, 1.82) is 0 Å². The summed E-state index contributed by atoms with van der Waals surface area (Å²) in [5, 5.41) is 0. The molecular weight excluding hydrogens is 474 g/mol. The summed E-state index contributed by atoms with van der Waals surface area (Å²) in [6, 6.07) is 21.1. The van der Waals surface area contributed by atoms with E-state index in [0.717, 1.165) is 67.3 Å². The highest BCUT2D eigenvalue weighted by Crippen LogP contribution is 2.39. The van der Waals surface area contributed by atoms with Gasteiger partial charge in [-0.15, -0.1) is 0 Å². The number of nitrogens with zero attached hydrogens (tertiary/aromatic N) is 6. The molecule has 1 saturated heterocycles. The van der Waals surface area contributed by atoms with E-state index in [-0.39, 0.29) is 5.54 Å². The van der Waals surface area contributed by atoms with Gasteiger partial charge in [-0.05, 0) is 61.2 Å². The fraction of sp³-hybridized carbons (Fsp3) is 0.267. The van der Waals surface area contributed by atoms with E-state index >= 15 is 0 Å². The lowest BCUT2D eigenvalue weighted by Gasteiger charge is -2.38. The summed E-state index contributed by atoms with van der Waals surface area (Å²) in [5.74, 6) is 0.707. The van der Waals surface area contributed by atoms with Crippen LogP contribution in [0.3, 0.4) is 0 Å². The SMILES string of the molecule is NC1(c2ccc(-n3c(-c4cnccn4)nc4ccc(-c5cccc(N6CCOCC6)c5)nc43)cc2)CCC1. The normalized spacial score (nSPS) is 16.9. The Labute approximate surface area is 221 Å². The number of benzene rings is 2. The number of nitrogens with two attached hydrogens (primary N) is 1. The molecule has 2 N–H and O–H groups in total. The second-order valence-corrected chi connectivity index (χ2v) is 10.1. The van der Waals surface area contributed by atoms with E-state index in [9.17, 15) is 0 Å². The van der Waals surface area contributed by atoms with Crippen molar-refractivity contribution >= 4 is 16.9 Å². The summed E-state index contributed by atoms with van der Waals surface area (Å²) in [6.07, 6.45) is 8.33. The van der Waals surface area contributed by atoms with Crippen molar-refractivity contribution in [1.82, 2.24) is 24.5 Å². The first-order chi connectivity index (χ1) is 18.7. The maximum absolute atomic E-state index is 6.59. The molecule has 0 bridgehead atoms. The number of fused-ring (bicyclic) bond motifs is 1. The lowest BCUT2D eigenvalue weighted by Crippen LogP contribution is -2.43. The molecule has 8 nitrogen and oxygen atoms in total. The van der Waals surface area contributed by atoms with Crippen LogP contribution in [0.25, 0.3) is 39.6 Å². The fourth-order valence-corrected chi connectivity index (χ4v) is 5.42. The first-order valence-electron chi connectivity index (χ1n) is 13.2. The summed E-state index contributed by atoms with van der Waals surface area (Å²) in [5.41, 5.74) is 13.9. The second kappa shape index (κ2) is 9.31. The van der Waals surface area contributed by atoms with Gasteiger partial charge >= 0.3 is 0 Å². The van der Waals surface area contributed by atoms with Gasteiger partial charge in [0.15, 0.2) is 11.5 Å². The zero-order valence-electron chi connectivity index (χ0n) is 21.1. The van der Waals surface area contributed by atoms with E-state index in [1.807, 2.05) is 12.1 Å². The fourth-order valence-electron chi connectivity index (χ4n) is 5.42. The van der Waals surface area contributed by atoms with Crippen molar-refractivity contribution in [3.63, 3.8) is 0 Å². The topological polar surface area (TPSA) is 95.0 Å². The van der Waals surface area contributed by atoms with Crippen LogP contribution in [0.4, 0.5) is 5.69 Å². The Kier molecular flexibility index (Phi) is 5.64. The van der Waals surface area contributed by atoms with Crippen molar-refractivity contribution < 1.29 is 4.74 Å². The zero-order valence-corrected chi connectivity index (χ0v) is 21.1. The van der Waals surface area contributed by atoms with Gasteiger partial charge < -0.3 is 15.4 Å². The predicted molar refractivity (Wildman–Crippen MR) is 148 cm³/mol. The quantitative estimate of drug-likeness (QED) is 0.371. The van der Waals surface area contributed by atoms with Gasteiger partial charge in [0, 0.05) is 48.0 Å². The molecule has 8 heteroatoms. The third-order valence-corrected chi connectivity index (χ3v) is 7.76. The number of morpholine rings is 1. The minimum Gasteiger partial charge on any atom is -0.378 e. The van der Waals surface area contributed by atoms with Gasteiger partial charge in [0.25, 0.3) is 0 Å². The lowest BCUT2D eigenvalue weighted by atomic mass is 9.73. The van der Waals surface area contributed by atoms with Crippen LogP contribution in [0, 0.1) is 0 Å². The minimum atomic E-state index is -0.208. The van der Waals surface area contributed by atoms with Crippen LogP contribution in [-0.4, -0.2) is 50.8 Å². The number of hydrogen-bond donors (Lipinski definition) is 1. The Hall–Kier alpha value is -4.14. The third-order valence-electron chi connectivity index (χ3n) is 7.76. The van der Waals surface area contributed by atoms with Crippen molar-refractivity contribution in [2.24, 2.45) is 5.73 Å². The van der Waals surface area contributed by atoms with Gasteiger partial charge in [-0.1, -0.05) is 24.3 Å². The number of imidazole rings is 1. The Morgan fingerprint density at radius 2 is 1.68 bits per heavy atom. The third kappa shape index (κ3) is 4.02. The van der Waals surface area contributed by atoms with Crippen LogP contribution in [-0.2, 0) is 10.3 Å². The van der Waals surface area contributed by atoms with E-state index in [1.54, 1.807) is 18.6 Å². The molecule has 1 saturated carbocycles. The number of rotatable bonds is 5. The number of anilines is 1. The number of ether oxygens (including phenoxy) is 1. The van der Waals surface area contributed by atoms with Crippen LogP contribution >= 0.6 is 0 Å². The van der Waals surface area contributed by atoms with E-state index in [0.29, 0.717) is 11.5 Å². The summed E-state index contributed by atoms with van der Waals surface area (Å²) < 4.78 is 7.61. The molecular formula is C30H29N7O. The molecule has 0 atom stereocenters. The van der Waals surface area contributed by atoms with E-state index < -0.39 is 0 Å². The van der Waals surface area contributed by atoms with Gasteiger partial charge in [0.05, 0.1) is 25.1 Å². The van der Waals surface area contributed by atoms with Crippen LogP contribution in [0.2, 0.25) is 0 Å². The average molecular weight is 504 g/mol. The molecule has 1 aliphatic heterocycles. The largest absolute Gasteiger partial charge is 0.378 e. The van der Waals surface area contributed by atoms with Crippen LogP contribution in [0.1, 0.15) is 24.8 Å². The molecule has 3 aromatic heterocycles. The average Bonchev–Trinajstić information content (AvgIpc) is 3.36. The molecule has 5 aromatic rings. The lowest BCUT2D eigenvalue weighted by molar-refractivity contribution is 0.122. The zero-order chi connectivity index (χ0) is 25.5. The van der Waals surface area contributed by atoms with Gasteiger partial charge in [-0.3, -0.25) is 9.55 Å². The standard InChI is InChI=1S/C30H29N7O/c31-30(11-2-12-30)22-5-7-23(8-6-22)37-28-26(35-29(37)27-20-32-13-14-33-27)10-9-25(34-28)21-3-1-4-24(19-21)36-15-17-38-18-16-36/h1,3-10,13-14,19-20H,2,11-12,15-18,31H2.